The number of fused-ring (bicyclic) bond motifs is 20. The molecule has 16 aliphatic rings. The summed E-state index contributed by atoms with van der Waals surface area (Å²) < 4.78 is 24.6. The van der Waals surface area contributed by atoms with Crippen LogP contribution in [0.3, 0.4) is 0 Å². The lowest BCUT2D eigenvalue weighted by Crippen LogP contribution is -2.60. The molecule has 16 fully saturated rings. The van der Waals surface area contributed by atoms with Crippen LogP contribution in [0.5, 0.6) is 0 Å². The minimum absolute atomic E-state index is 0.126. The minimum Gasteiger partial charge on any atom is -0.393 e. The summed E-state index contributed by atoms with van der Waals surface area (Å²) in [5.74, 6) is 16.6. The topological polar surface area (TPSA) is 190 Å². The number of nitrogens with zero attached hydrogens (tertiary/aromatic N) is 4. The Balaban J connectivity index is 0.000000123. The number of methoxy groups -OCH3 is 4. The highest BCUT2D eigenvalue weighted by Gasteiger charge is 2.70. The molecule has 1 aromatic rings. The van der Waals surface area contributed by atoms with E-state index in [0.29, 0.717) is 99.6 Å². The van der Waals surface area contributed by atoms with Crippen molar-refractivity contribution in [3.05, 3.63) is 35.9 Å². The van der Waals surface area contributed by atoms with E-state index in [-0.39, 0.29) is 80.6 Å². The van der Waals surface area contributed by atoms with Gasteiger partial charge in [-0.15, -0.1) is 0 Å². The number of rotatable bonds is 5. The number of aliphatic hydroxyl groups excluding tert-OH is 2. The van der Waals surface area contributed by atoms with Crippen LogP contribution in [0.4, 0.5) is 0 Å². The summed E-state index contributed by atoms with van der Waals surface area (Å²) in [5, 5.41) is 59.4. The molecule has 0 unspecified atom stereocenters. The third-order valence-electron chi connectivity index (χ3n) is 39.7. The number of hydrogen-bond donors (Lipinski definition) is 2. The first-order chi connectivity index (χ1) is 51.7. The van der Waals surface area contributed by atoms with Gasteiger partial charge in [-0.25, -0.2) is 0 Å². The number of halogens is 1. The molecular formula is C97H149ClN4O7. The van der Waals surface area contributed by atoms with Gasteiger partial charge >= 0.3 is 0 Å². The van der Waals surface area contributed by atoms with Gasteiger partial charge in [0.2, 0.25) is 0 Å². The summed E-state index contributed by atoms with van der Waals surface area (Å²) in [6.07, 6.45) is 35.1. The van der Waals surface area contributed by atoms with Crippen LogP contribution in [0.2, 0.25) is 0 Å². The van der Waals surface area contributed by atoms with Crippen molar-refractivity contribution in [2.45, 2.75) is 313 Å². The maximum Gasteiger partial charge on any atom is 0.252 e. The Labute approximate surface area is 667 Å². The van der Waals surface area contributed by atoms with Crippen molar-refractivity contribution < 1.29 is 34.0 Å². The number of benzene rings is 1. The lowest BCUT2D eigenvalue weighted by atomic mass is 9.42. The predicted octanol–water partition coefficient (Wildman–Crippen LogP) is 22.2. The van der Waals surface area contributed by atoms with E-state index < -0.39 is 5.24 Å². The first-order valence-electron chi connectivity index (χ1n) is 45.0. The zero-order chi connectivity index (χ0) is 78.6. The van der Waals surface area contributed by atoms with E-state index in [1.54, 1.807) is 24.3 Å². The van der Waals surface area contributed by atoms with E-state index in [9.17, 15) is 36.1 Å². The number of aliphatic hydroxyl groups is 2. The smallest absolute Gasteiger partial charge is 0.252 e. The molecule has 0 aromatic heterocycles. The Morgan fingerprint density at radius 2 is 0.697 bits per heavy atom. The van der Waals surface area contributed by atoms with Crippen LogP contribution in [-0.4, -0.2) is 80.5 Å². The van der Waals surface area contributed by atoms with Crippen molar-refractivity contribution in [2.24, 2.45) is 197 Å². The SMILES string of the molecule is CO[C@H]1C[C@]2(C)[C@@H](C#N)CC[C@H]2[C@@H]2CC[C@H]3C[C@H](C)[C@@H](C)C[C@]3(C)[C@H]21.CO[C@H]1C[C@]2(C)[C@@H](C#N)CC[C@H]2[C@@H]2CC[C@H]3C[C@H](O)[C@@H](C)C[C@]3(C)[C@H]21.CO[C@H]1C[C@]2(C)[C@@H](C#N)CC[C@H]2[C@@H]2CC[C@H]3[C@@H](C)[C@H](C)CC[C@]3(C)[C@H]21.CO[C@H]1C[C@]2(C)[C@@H](C#N)CC[C@H]2[C@@H]2CC[C@H]3[C@@H](C)[C@H](O)CC[C@]3(C)[C@H]21.O=C(Cl)c1ccccc1. The van der Waals surface area contributed by atoms with Gasteiger partial charge in [-0.1, -0.05) is 127 Å². The molecule has 16 saturated carbocycles. The third-order valence-corrected chi connectivity index (χ3v) is 39.9. The fraction of sp³-hybridized carbons (Fsp3) is 0.887. The van der Waals surface area contributed by atoms with Gasteiger partial charge in [0.05, 0.1) is 84.6 Å². The lowest BCUT2D eigenvalue weighted by molar-refractivity contribution is -0.195. The molecule has 11 nitrogen and oxygen atoms in total. The van der Waals surface area contributed by atoms with Crippen molar-refractivity contribution in [1.29, 1.82) is 21.0 Å². The fourth-order valence-corrected chi connectivity index (χ4v) is 33.8. The molecule has 0 amide bonds. The molecule has 16 aliphatic carbocycles. The van der Waals surface area contributed by atoms with Gasteiger partial charge in [0.25, 0.3) is 5.24 Å². The van der Waals surface area contributed by atoms with Crippen LogP contribution in [-0.2, 0) is 18.9 Å². The molecule has 0 heterocycles. The highest BCUT2D eigenvalue weighted by molar-refractivity contribution is 6.67. The summed E-state index contributed by atoms with van der Waals surface area (Å²) in [6, 6.07) is 19.3. The minimum atomic E-state index is -0.407. The van der Waals surface area contributed by atoms with Crippen LogP contribution in [0.25, 0.3) is 0 Å². The molecule has 0 bridgehead atoms. The van der Waals surface area contributed by atoms with Crippen LogP contribution < -0.4 is 0 Å². The van der Waals surface area contributed by atoms with Crippen LogP contribution in [0, 0.1) is 243 Å². The van der Waals surface area contributed by atoms with Crippen LogP contribution >= 0.6 is 11.6 Å². The van der Waals surface area contributed by atoms with Crippen molar-refractivity contribution in [3.8, 4) is 24.3 Å². The van der Waals surface area contributed by atoms with Gasteiger partial charge in [0.1, 0.15) is 0 Å². The lowest BCUT2D eigenvalue weighted by Gasteiger charge is -2.64. The van der Waals surface area contributed by atoms with E-state index in [2.05, 4.69) is 121 Å². The van der Waals surface area contributed by atoms with E-state index in [1.165, 1.54) is 103 Å². The van der Waals surface area contributed by atoms with Gasteiger partial charge in [-0.2, -0.15) is 21.0 Å². The van der Waals surface area contributed by atoms with Crippen LogP contribution in [0.15, 0.2) is 30.3 Å². The van der Waals surface area contributed by atoms with Gasteiger partial charge in [0.15, 0.2) is 0 Å². The molecule has 606 valence electrons. The average molecular weight is 1520 g/mol. The average Bonchev–Trinajstić information content (AvgIpc) is 1.70. The Bertz CT molecular complexity index is 3190. The van der Waals surface area contributed by atoms with Crippen molar-refractivity contribution in [3.63, 3.8) is 0 Å². The second-order valence-corrected chi connectivity index (χ2v) is 43.8. The number of carbonyl (C=O) groups excluding carboxylic acids is 1. The molecule has 0 aliphatic heterocycles. The maximum absolute atomic E-state index is 10.4. The zero-order valence-corrected chi connectivity index (χ0v) is 72.0. The van der Waals surface area contributed by atoms with Crippen LogP contribution in [0.1, 0.15) is 287 Å². The van der Waals surface area contributed by atoms with Crippen molar-refractivity contribution in [1.82, 2.24) is 0 Å². The maximum atomic E-state index is 10.4. The normalized spacial score (nSPS) is 53.9. The first kappa shape index (κ1) is 83.8. The van der Waals surface area contributed by atoms with Crippen molar-refractivity contribution in [2.75, 3.05) is 28.4 Å². The van der Waals surface area contributed by atoms with E-state index in [1.807, 2.05) is 34.5 Å². The molecule has 0 spiro atoms. The molecule has 0 saturated heterocycles. The Hall–Kier alpha value is -3.10. The molecule has 2 N–H and O–H groups in total. The second-order valence-electron chi connectivity index (χ2n) is 43.5. The number of hydrogen-bond acceptors (Lipinski definition) is 11. The fourth-order valence-electron chi connectivity index (χ4n) is 33.7. The molecular weight excluding hydrogens is 1370 g/mol. The van der Waals surface area contributed by atoms with Gasteiger partial charge in [0, 0.05) is 34.0 Å². The zero-order valence-electron chi connectivity index (χ0n) is 71.3. The van der Waals surface area contributed by atoms with Gasteiger partial charge in [-0.3, -0.25) is 4.79 Å². The quantitative estimate of drug-likeness (QED) is 0.267. The molecule has 40 atom stereocenters. The Morgan fingerprint density at radius 1 is 0.367 bits per heavy atom. The molecule has 0 radical (unpaired) electrons. The summed E-state index contributed by atoms with van der Waals surface area (Å²) in [5.41, 5.74) is 2.66. The number of ether oxygens (including phenoxy) is 4. The Morgan fingerprint density at radius 3 is 1.06 bits per heavy atom. The van der Waals surface area contributed by atoms with E-state index >= 15 is 0 Å². The second kappa shape index (κ2) is 32.1. The van der Waals surface area contributed by atoms with E-state index in [4.69, 9.17) is 30.5 Å². The summed E-state index contributed by atoms with van der Waals surface area (Å²) in [6.45, 7) is 34.2. The van der Waals surface area contributed by atoms with Gasteiger partial charge in [-0.05, 0) is 365 Å². The first-order valence-corrected chi connectivity index (χ1v) is 45.4. The predicted molar refractivity (Wildman–Crippen MR) is 433 cm³/mol. The molecule has 1 aromatic carbocycles. The largest absolute Gasteiger partial charge is 0.393 e. The highest BCUT2D eigenvalue weighted by atomic mass is 35.5. The number of nitriles is 4. The van der Waals surface area contributed by atoms with Gasteiger partial charge < -0.3 is 29.2 Å². The highest BCUT2D eigenvalue weighted by Crippen LogP contribution is 2.74. The summed E-state index contributed by atoms with van der Waals surface area (Å²) in [7, 11) is 7.64. The standard InChI is InChI=1S/2C23H37NO.2C22H35NO2.C7H5ClO/c1-14-10-16-6-8-18-19-9-7-17(13-24)22(19,3)12-20(25-5)21(18)23(16,4)11-15(14)2;1-14-10-11-22(3)18(15(14)2)9-7-17-19-8-6-16(13-24)23(19,4)12-20(25-5)21(17)22;1-13-10-22(3)14(9-18(13)24)5-7-16-17-8-6-15(12-23)21(17,2)11-19(25-4)20(16)22;1-13-16-8-6-15-17-7-5-14(12-23)22(17,3)11-19(25-4)20(15)21(16,2)10-9-18(13)24;8-7(9)6-4-2-1-3-5-6/h2*14-21H,6-12H2,1-5H3;2*13-20,24H,5-11H2,1-4H3;1-5H/t14-,15-,16-,17+,18-,19-,20-,21+,22+,23-;14-,15+,16-,17+,18+,19+,20+,21-,22+,23-;13-,14-,15+,16-,17-,18-,19-,20+,21+,22-;13-,14-,15+,16+,17+,18-,19+,20-,21+,22-;/m0101./s1. The number of carbonyl (C=O) groups is 1. The Kier molecular flexibility index (Phi) is 24.7. The molecule has 109 heavy (non-hydrogen) atoms. The monoisotopic (exact) mass is 1520 g/mol. The van der Waals surface area contributed by atoms with Crippen molar-refractivity contribution >= 4 is 16.8 Å². The third kappa shape index (κ3) is 13.9. The summed E-state index contributed by atoms with van der Waals surface area (Å²) >= 11 is 5.16. The molecule has 12 heteroatoms. The van der Waals surface area contributed by atoms with E-state index in [0.717, 1.165) is 136 Å². The summed E-state index contributed by atoms with van der Waals surface area (Å²) in [4.78, 5) is 10.4. The molecule has 17 rings (SSSR count).